The molecule has 0 aliphatic carbocycles. The molecule has 3 rings (SSSR count). The van der Waals surface area contributed by atoms with Gasteiger partial charge in [0.1, 0.15) is 0 Å². The molecule has 0 saturated heterocycles. The van der Waals surface area contributed by atoms with Gasteiger partial charge in [0.25, 0.3) is 11.8 Å². The predicted molar refractivity (Wildman–Crippen MR) is 311 cm³/mol. The number of carbonyl (C=O) groups excluding carboxylic acids is 2. The zero-order valence-electron chi connectivity index (χ0n) is 46.6. The molecular weight excluding hydrogens is 929 g/mol. The monoisotopic (exact) mass is 1040 g/mol. The van der Waals surface area contributed by atoms with E-state index in [0.717, 1.165) is 232 Å². The van der Waals surface area contributed by atoms with E-state index in [1.54, 1.807) is 0 Å². The molecule has 1 heterocycles. The summed E-state index contributed by atoms with van der Waals surface area (Å²) in [5.41, 5.74) is 48.7. The van der Waals surface area contributed by atoms with Crippen LogP contribution in [0.5, 0.6) is 0 Å². The summed E-state index contributed by atoms with van der Waals surface area (Å²) >= 11 is 0. The lowest BCUT2D eigenvalue weighted by Gasteiger charge is -2.32. The minimum absolute atomic E-state index is 0.200. The normalized spacial score (nSPS) is 13.1. The van der Waals surface area contributed by atoms with Gasteiger partial charge in [0.05, 0.1) is 0 Å². The second-order valence-electron chi connectivity index (χ2n) is 20.6. The van der Waals surface area contributed by atoms with E-state index in [0.29, 0.717) is 76.6 Å². The van der Waals surface area contributed by atoms with Crippen molar-refractivity contribution >= 4 is 22.6 Å². The molecule has 18 heteroatoms. The lowest BCUT2D eigenvalue weighted by atomic mass is 9.94. The zero-order valence-corrected chi connectivity index (χ0v) is 46.6. The fourth-order valence-electron chi connectivity index (χ4n) is 10.5. The SMILES string of the molecule is NCCCN(CCCN)CCCN(CCCN(CCCN)CCCN)CCCN(CCCN(CCCN(CCCN)CCCN)CCCN(CCCN)CCCN)CCN1C(=O)c2cccc3cccc(c23)C1=O. The Morgan fingerprint density at radius 2 is 0.486 bits per heavy atom. The maximum atomic E-state index is 14.1. The summed E-state index contributed by atoms with van der Waals surface area (Å²) in [6.07, 6.45) is 14.3. The topological polar surface area (TPSA) is 268 Å². The second-order valence-corrected chi connectivity index (χ2v) is 20.6. The molecule has 1 aliphatic heterocycles. The molecule has 2 amide bonds. The Hall–Kier alpha value is -2.76. The van der Waals surface area contributed by atoms with Gasteiger partial charge < -0.3 is 80.2 Å². The van der Waals surface area contributed by atoms with Gasteiger partial charge in [-0.2, -0.15) is 0 Å². The van der Waals surface area contributed by atoms with Gasteiger partial charge >= 0.3 is 0 Å². The fraction of sp³-hybridized carbons (Fsp3) is 0.786. The van der Waals surface area contributed by atoms with E-state index in [9.17, 15) is 9.59 Å². The average molecular weight is 1040 g/mol. The van der Waals surface area contributed by atoms with Crippen LogP contribution in [0.25, 0.3) is 10.8 Å². The quantitative estimate of drug-likeness (QED) is 0.0438. The molecule has 0 bridgehead atoms. The van der Waals surface area contributed by atoms with Gasteiger partial charge in [0, 0.05) is 29.6 Å². The van der Waals surface area contributed by atoms with Crippen molar-refractivity contribution in [3.05, 3.63) is 47.5 Å². The van der Waals surface area contributed by atoms with Crippen LogP contribution in [-0.2, 0) is 0 Å². The summed E-state index contributed by atoms with van der Waals surface area (Å²) in [5, 5.41) is 1.69. The number of nitrogens with zero attached hydrogens (tertiary/aromatic N) is 8. The van der Waals surface area contributed by atoms with Gasteiger partial charge in [0.15, 0.2) is 0 Å². The fourth-order valence-corrected chi connectivity index (χ4v) is 10.5. The van der Waals surface area contributed by atoms with E-state index in [2.05, 4.69) is 34.3 Å². The van der Waals surface area contributed by atoms with Gasteiger partial charge in [-0.05, 0) is 291 Å². The van der Waals surface area contributed by atoms with E-state index in [-0.39, 0.29) is 11.8 Å². The van der Waals surface area contributed by atoms with Crippen molar-refractivity contribution in [1.29, 1.82) is 0 Å². The first kappa shape index (κ1) is 65.5. The van der Waals surface area contributed by atoms with E-state index >= 15 is 0 Å². The molecule has 0 saturated carbocycles. The molecule has 0 radical (unpaired) electrons. The number of benzene rings is 2. The molecule has 0 fully saturated rings. The van der Waals surface area contributed by atoms with Crippen molar-refractivity contribution in [1.82, 2.24) is 39.2 Å². The lowest BCUT2D eigenvalue weighted by molar-refractivity contribution is 0.0590. The smallest absolute Gasteiger partial charge is 0.261 e. The molecular formula is C56H110N16O2. The van der Waals surface area contributed by atoms with Crippen molar-refractivity contribution in [3.63, 3.8) is 0 Å². The molecule has 2 aromatic rings. The molecule has 16 N–H and O–H groups in total. The van der Waals surface area contributed by atoms with Crippen molar-refractivity contribution < 1.29 is 9.59 Å². The predicted octanol–water partition coefficient (Wildman–Crippen LogP) is 1.68. The van der Waals surface area contributed by atoms with Crippen molar-refractivity contribution in [2.75, 3.05) is 196 Å². The van der Waals surface area contributed by atoms with E-state index < -0.39 is 0 Å². The van der Waals surface area contributed by atoms with Crippen LogP contribution >= 0.6 is 0 Å². The Morgan fingerprint density at radius 3 is 0.703 bits per heavy atom. The number of carbonyl (C=O) groups is 2. The highest BCUT2D eigenvalue weighted by molar-refractivity contribution is 6.25. The van der Waals surface area contributed by atoms with Crippen molar-refractivity contribution in [2.45, 2.75) is 89.9 Å². The third-order valence-corrected chi connectivity index (χ3v) is 14.6. The first-order chi connectivity index (χ1) is 36.3. The molecule has 0 spiro atoms. The highest BCUT2D eigenvalue weighted by Crippen LogP contribution is 2.30. The van der Waals surface area contributed by atoms with Gasteiger partial charge in [-0.15, -0.1) is 0 Å². The standard InChI is InChI=1S/C56H110N16O2/c57-21-3-29-65(30-4-22-58)37-11-41-69(42-12-38-66(31-5-23-59)32-6-24-60)45-15-47-71(49-50-72-55(73)52-19-1-17-51-18-2-20-53(54(51)52)56(72)74)48-16-46-70(43-13-39-67(33-7-25-61)34-8-26-62)44-14-40-68(35-9-27-63)36-10-28-64/h1-2,17-20H,3-16,21-50,57-64H2. The maximum absolute atomic E-state index is 14.1. The molecule has 1 aliphatic rings. The van der Waals surface area contributed by atoms with Crippen LogP contribution in [0.2, 0.25) is 0 Å². The third-order valence-electron chi connectivity index (χ3n) is 14.6. The summed E-state index contributed by atoms with van der Waals surface area (Å²) in [6.45, 7) is 26.5. The zero-order chi connectivity index (χ0) is 53.4. The van der Waals surface area contributed by atoms with Crippen molar-refractivity contribution in [2.24, 2.45) is 45.9 Å². The molecule has 74 heavy (non-hydrogen) atoms. The number of rotatable bonds is 51. The van der Waals surface area contributed by atoms with E-state index in [1.807, 2.05) is 36.4 Å². The average Bonchev–Trinajstić information content (AvgIpc) is 3.41. The van der Waals surface area contributed by atoms with E-state index in [4.69, 9.17) is 45.9 Å². The first-order valence-corrected chi connectivity index (χ1v) is 29.3. The number of hydrogen-bond acceptors (Lipinski definition) is 17. The Labute approximate surface area is 449 Å². The van der Waals surface area contributed by atoms with Crippen LogP contribution in [-0.4, -0.2) is 247 Å². The summed E-state index contributed by atoms with van der Waals surface area (Å²) < 4.78 is 0. The number of nitrogens with two attached hydrogens (primary N) is 8. The molecule has 0 unspecified atom stereocenters. The van der Waals surface area contributed by atoms with Gasteiger partial charge in [-0.1, -0.05) is 24.3 Å². The molecule has 2 aromatic carbocycles. The molecule has 0 atom stereocenters. The van der Waals surface area contributed by atoms with Gasteiger partial charge in [-0.25, -0.2) is 0 Å². The maximum Gasteiger partial charge on any atom is 0.261 e. The van der Waals surface area contributed by atoms with Crippen LogP contribution in [0.15, 0.2) is 36.4 Å². The lowest BCUT2D eigenvalue weighted by Crippen LogP contribution is -2.45. The van der Waals surface area contributed by atoms with Crippen molar-refractivity contribution in [3.8, 4) is 0 Å². The van der Waals surface area contributed by atoms with Crippen LogP contribution in [0.1, 0.15) is 111 Å². The van der Waals surface area contributed by atoms with Crippen LogP contribution in [0.3, 0.4) is 0 Å². The summed E-state index contributed by atoms with van der Waals surface area (Å²) in [7, 11) is 0. The molecule has 0 aromatic heterocycles. The molecule has 18 nitrogen and oxygen atoms in total. The Balaban J connectivity index is 1.81. The van der Waals surface area contributed by atoms with E-state index in [1.165, 1.54) is 4.90 Å². The minimum Gasteiger partial charge on any atom is -0.330 e. The van der Waals surface area contributed by atoms with Gasteiger partial charge in [0.2, 0.25) is 0 Å². The third kappa shape index (κ3) is 26.5. The largest absolute Gasteiger partial charge is 0.330 e. The van der Waals surface area contributed by atoms with Crippen LogP contribution < -0.4 is 45.9 Å². The number of hydrogen-bond donors (Lipinski definition) is 8. The minimum atomic E-state index is -0.200. The summed E-state index contributed by atoms with van der Waals surface area (Å²) in [6, 6.07) is 11.5. The first-order valence-electron chi connectivity index (χ1n) is 29.3. The molecule has 426 valence electrons. The summed E-state index contributed by atoms with van der Waals surface area (Å²) in [4.78, 5) is 47.7. The van der Waals surface area contributed by atoms with Gasteiger partial charge in [-0.3, -0.25) is 14.5 Å². The Morgan fingerprint density at radius 1 is 0.284 bits per heavy atom. The Kier molecular flexibility index (Phi) is 37.4. The second kappa shape index (κ2) is 42.3. The highest BCUT2D eigenvalue weighted by Gasteiger charge is 2.32. The number of amides is 2. The van der Waals surface area contributed by atoms with Crippen LogP contribution in [0, 0.1) is 0 Å². The Bertz CT molecular complexity index is 1510. The number of imide groups is 1. The van der Waals surface area contributed by atoms with Crippen LogP contribution in [0.4, 0.5) is 0 Å². The highest BCUT2D eigenvalue weighted by atomic mass is 16.2. The summed E-state index contributed by atoms with van der Waals surface area (Å²) in [5.74, 6) is -0.399.